The Kier molecular flexibility index (Phi) is 8.96. The second-order valence-electron chi connectivity index (χ2n) is 10.5. The van der Waals surface area contributed by atoms with Crippen LogP contribution in [-0.4, -0.2) is 84.3 Å². The van der Waals surface area contributed by atoms with Crippen LogP contribution in [0.1, 0.15) is 6.42 Å². The molecule has 3 aromatic carbocycles. The summed E-state index contributed by atoms with van der Waals surface area (Å²) >= 11 is 1.34. The summed E-state index contributed by atoms with van der Waals surface area (Å²) in [5.74, 6) is 1.51. The molecular weight excluding hydrogens is 583 g/mol. The fourth-order valence-corrected chi connectivity index (χ4v) is 5.86. The molecule has 3 N–H and O–H groups in total. The number of nitrogens with zero attached hydrogens (tertiary/aromatic N) is 5. The first-order chi connectivity index (χ1) is 21.4. The van der Waals surface area contributed by atoms with Crippen LogP contribution in [0, 0.1) is 5.82 Å². The summed E-state index contributed by atoms with van der Waals surface area (Å²) in [7, 11) is 3.78. The number of methoxy groups -OCH3 is 1. The average Bonchev–Trinajstić information content (AvgIpc) is 3.42. The molecule has 1 aliphatic heterocycles. The number of carbonyl (C=O) groups is 1. The molecule has 6 rings (SSSR count). The Balaban J connectivity index is 1.11. The first-order valence-electron chi connectivity index (χ1n) is 14.3. The number of halogens is 1. The van der Waals surface area contributed by atoms with Crippen LogP contribution in [0.2, 0.25) is 0 Å². The summed E-state index contributed by atoms with van der Waals surface area (Å²) in [6.07, 6.45) is 2.44. The lowest BCUT2D eigenvalue weighted by Crippen LogP contribution is -2.44. The van der Waals surface area contributed by atoms with E-state index in [9.17, 15) is 9.18 Å². The van der Waals surface area contributed by atoms with E-state index in [1.54, 1.807) is 7.11 Å². The van der Waals surface area contributed by atoms with E-state index in [4.69, 9.17) is 9.47 Å². The monoisotopic (exact) mass is 616 g/mol. The lowest BCUT2D eigenvalue weighted by atomic mass is 10.2. The number of carbonyl (C=O) groups excluding carboxylic acids is 1. The lowest BCUT2D eigenvalue weighted by molar-refractivity contribution is 0.145. The number of anilines is 4. The number of nitrogens with one attached hydrogen (secondary N) is 3. The number of hydrogen-bond donors (Lipinski definition) is 3. The minimum atomic E-state index is -0.464. The van der Waals surface area contributed by atoms with Crippen molar-refractivity contribution in [2.45, 2.75) is 6.42 Å². The number of rotatable bonds is 10. The van der Waals surface area contributed by atoms with E-state index in [1.807, 2.05) is 30.3 Å². The highest BCUT2D eigenvalue weighted by Gasteiger charge is 2.15. The molecule has 228 valence electrons. The molecule has 2 amide bonds. The van der Waals surface area contributed by atoms with Gasteiger partial charge in [0.05, 0.1) is 29.5 Å². The molecule has 0 unspecified atom stereocenters. The second-order valence-corrected chi connectivity index (χ2v) is 11.5. The van der Waals surface area contributed by atoms with Gasteiger partial charge >= 0.3 is 6.03 Å². The van der Waals surface area contributed by atoms with Crippen LogP contribution in [-0.2, 0) is 0 Å². The SMILES string of the molecule is COc1cc2c(Nc3ccc4nc(NC(=O)Nc5ccc(F)cc5)sc4c3)ncnc2cc1OCCCN1CCN(C)CC1. The summed E-state index contributed by atoms with van der Waals surface area (Å²) in [4.78, 5) is 30.7. The highest BCUT2D eigenvalue weighted by molar-refractivity contribution is 7.22. The van der Waals surface area contributed by atoms with Crippen molar-refractivity contribution in [2.75, 3.05) is 69.4 Å². The predicted octanol–water partition coefficient (Wildman–Crippen LogP) is 5.79. The van der Waals surface area contributed by atoms with Gasteiger partial charge in [-0.1, -0.05) is 11.3 Å². The molecule has 13 heteroatoms. The van der Waals surface area contributed by atoms with Crippen LogP contribution in [0.3, 0.4) is 0 Å². The van der Waals surface area contributed by atoms with Crippen LogP contribution in [0.25, 0.3) is 21.1 Å². The van der Waals surface area contributed by atoms with Crippen LogP contribution in [0.15, 0.2) is 60.9 Å². The van der Waals surface area contributed by atoms with Crippen molar-refractivity contribution in [3.63, 3.8) is 0 Å². The molecule has 1 fully saturated rings. The molecule has 0 aliphatic carbocycles. The largest absolute Gasteiger partial charge is 0.493 e. The van der Waals surface area contributed by atoms with Gasteiger partial charge in [0.15, 0.2) is 16.6 Å². The highest BCUT2D eigenvalue weighted by atomic mass is 32.1. The number of piperazine rings is 1. The molecule has 11 nitrogen and oxygen atoms in total. The van der Waals surface area contributed by atoms with E-state index in [-0.39, 0.29) is 5.82 Å². The third kappa shape index (κ3) is 7.13. The normalized spacial score (nSPS) is 14.1. The Morgan fingerprint density at radius 3 is 2.55 bits per heavy atom. The summed E-state index contributed by atoms with van der Waals surface area (Å²) in [5.41, 5.74) is 2.74. The minimum Gasteiger partial charge on any atom is -0.493 e. The van der Waals surface area contributed by atoms with E-state index in [0.29, 0.717) is 34.7 Å². The molecule has 0 bridgehead atoms. The number of ether oxygens (including phenoxy) is 2. The molecule has 0 radical (unpaired) electrons. The predicted molar refractivity (Wildman–Crippen MR) is 172 cm³/mol. The number of benzene rings is 3. The quantitative estimate of drug-likeness (QED) is 0.168. The molecule has 3 heterocycles. The van der Waals surface area contributed by atoms with E-state index >= 15 is 0 Å². The van der Waals surface area contributed by atoms with Gasteiger partial charge in [-0.25, -0.2) is 24.1 Å². The molecule has 0 atom stereocenters. The van der Waals surface area contributed by atoms with Crippen molar-refractivity contribution in [3.8, 4) is 11.5 Å². The van der Waals surface area contributed by atoms with E-state index in [2.05, 4.69) is 47.7 Å². The molecule has 2 aromatic heterocycles. The number of fused-ring (bicyclic) bond motifs is 2. The Labute approximate surface area is 258 Å². The minimum absolute atomic E-state index is 0.373. The van der Waals surface area contributed by atoms with Gasteiger partial charge in [-0.3, -0.25) is 5.32 Å². The van der Waals surface area contributed by atoms with E-state index < -0.39 is 6.03 Å². The van der Waals surface area contributed by atoms with Crippen molar-refractivity contribution in [3.05, 3.63) is 66.7 Å². The Bertz CT molecular complexity index is 1760. The fraction of sp³-hybridized carbons (Fsp3) is 0.290. The number of likely N-dealkylation sites (N-methyl/N-ethyl adjacent to an activating group) is 1. The average molecular weight is 617 g/mol. The zero-order valence-corrected chi connectivity index (χ0v) is 25.3. The van der Waals surface area contributed by atoms with Crippen LogP contribution in [0.4, 0.5) is 31.5 Å². The number of hydrogen-bond acceptors (Lipinski definition) is 10. The van der Waals surface area contributed by atoms with Gasteiger partial charge in [0, 0.05) is 55.6 Å². The molecule has 0 spiro atoms. The summed E-state index contributed by atoms with van der Waals surface area (Å²) in [6, 6.07) is 14.6. The smallest absolute Gasteiger partial charge is 0.325 e. The third-order valence-corrected chi connectivity index (χ3v) is 8.30. The molecule has 1 aliphatic rings. The molecule has 5 aromatic rings. The standard InChI is InChI=1S/C31H33FN8O3S/c1-39-11-13-40(14-12-39)10-3-15-43-27-18-25-23(17-26(27)42-2)29(34-19-33-25)35-22-8-9-24-28(16-22)44-31(37-24)38-30(41)36-21-6-4-20(32)5-7-21/h4-9,16-19H,3,10-15H2,1-2H3,(H,33,34,35)(H2,36,37,38,41). The lowest BCUT2D eigenvalue weighted by Gasteiger charge is -2.32. The maximum Gasteiger partial charge on any atom is 0.325 e. The Morgan fingerprint density at radius 1 is 0.955 bits per heavy atom. The van der Waals surface area contributed by atoms with Gasteiger partial charge < -0.3 is 29.9 Å². The van der Waals surface area contributed by atoms with Crippen LogP contribution in [0.5, 0.6) is 11.5 Å². The maximum absolute atomic E-state index is 13.1. The van der Waals surface area contributed by atoms with Gasteiger partial charge in [-0.05, 0) is 62.0 Å². The van der Waals surface area contributed by atoms with Gasteiger partial charge in [-0.2, -0.15) is 0 Å². The number of thiazole rings is 1. The second kappa shape index (κ2) is 13.4. The summed E-state index contributed by atoms with van der Waals surface area (Å²) in [6.45, 7) is 5.98. The number of urea groups is 1. The molecule has 1 saturated heterocycles. The highest BCUT2D eigenvalue weighted by Crippen LogP contribution is 2.36. The van der Waals surface area contributed by atoms with Crippen molar-refractivity contribution in [2.24, 2.45) is 0 Å². The van der Waals surface area contributed by atoms with E-state index in [1.165, 1.54) is 41.9 Å². The number of aromatic nitrogens is 3. The van der Waals surface area contributed by atoms with Crippen molar-refractivity contribution in [1.29, 1.82) is 0 Å². The van der Waals surface area contributed by atoms with Gasteiger partial charge in [0.2, 0.25) is 0 Å². The van der Waals surface area contributed by atoms with Gasteiger partial charge in [0.25, 0.3) is 0 Å². The van der Waals surface area contributed by atoms with Crippen LogP contribution < -0.4 is 25.4 Å². The third-order valence-electron chi connectivity index (χ3n) is 7.37. The van der Waals surface area contributed by atoms with E-state index in [0.717, 1.165) is 66.0 Å². The van der Waals surface area contributed by atoms with Crippen molar-refractivity contribution in [1.82, 2.24) is 24.8 Å². The Hall–Kier alpha value is -4.59. The van der Waals surface area contributed by atoms with Crippen LogP contribution >= 0.6 is 11.3 Å². The van der Waals surface area contributed by atoms with Gasteiger partial charge in [0.1, 0.15) is 18.0 Å². The summed E-state index contributed by atoms with van der Waals surface area (Å²) < 4.78 is 25.8. The molecule has 44 heavy (non-hydrogen) atoms. The topological polar surface area (TPSA) is 117 Å². The Morgan fingerprint density at radius 2 is 1.75 bits per heavy atom. The number of amides is 2. The van der Waals surface area contributed by atoms with Crippen molar-refractivity contribution >= 4 is 60.8 Å². The van der Waals surface area contributed by atoms with Gasteiger partial charge in [-0.15, -0.1) is 0 Å². The summed E-state index contributed by atoms with van der Waals surface area (Å²) in [5, 5.41) is 10.0. The molecule has 0 saturated carbocycles. The first-order valence-corrected chi connectivity index (χ1v) is 15.1. The van der Waals surface area contributed by atoms with Crippen molar-refractivity contribution < 1.29 is 18.7 Å². The zero-order valence-electron chi connectivity index (χ0n) is 24.5. The zero-order chi connectivity index (χ0) is 30.5. The maximum atomic E-state index is 13.1. The first kappa shape index (κ1) is 29.5. The molecular formula is C31H33FN8O3S. The fourth-order valence-electron chi connectivity index (χ4n) is 4.96.